The Balaban J connectivity index is 1.58. The number of nitrogens with one attached hydrogen (secondary N) is 1. The normalized spacial score (nSPS) is 10.6. The van der Waals surface area contributed by atoms with Crippen LogP contribution in [0.4, 0.5) is 0 Å². The van der Waals surface area contributed by atoms with E-state index in [1.165, 1.54) is 7.11 Å². The van der Waals surface area contributed by atoms with E-state index in [1.54, 1.807) is 37.6 Å². The van der Waals surface area contributed by atoms with Gasteiger partial charge in [0.15, 0.2) is 11.5 Å². The van der Waals surface area contributed by atoms with Gasteiger partial charge in [-0.25, -0.2) is 0 Å². The van der Waals surface area contributed by atoms with Gasteiger partial charge < -0.3 is 19.6 Å². The second-order valence-electron chi connectivity index (χ2n) is 6.48. The van der Waals surface area contributed by atoms with E-state index in [0.717, 1.165) is 16.7 Å². The molecule has 30 heavy (non-hydrogen) atoms. The zero-order valence-electron chi connectivity index (χ0n) is 17.0. The average molecular weight is 404 g/mol. The molecule has 0 radical (unpaired) electrons. The highest BCUT2D eigenvalue weighted by molar-refractivity contribution is 5.95. The number of hydrogen-bond donors (Lipinski definition) is 1. The molecule has 6 nitrogen and oxygen atoms in total. The second-order valence-corrected chi connectivity index (χ2v) is 6.48. The van der Waals surface area contributed by atoms with Crippen LogP contribution in [0.2, 0.25) is 0 Å². The lowest BCUT2D eigenvalue weighted by molar-refractivity contribution is 0.0951. The van der Waals surface area contributed by atoms with E-state index in [0.29, 0.717) is 30.2 Å². The van der Waals surface area contributed by atoms with E-state index in [2.05, 4.69) is 15.3 Å². The Kier molecular flexibility index (Phi) is 7.44. The highest BCUT2D eigenvalue weighted by atomic mass is 16.6. The summed E-state index contributed by atoms with van der Waals surface area (Å²) in [6.45, 7) is 0.833. The van der Waals surface area contributed by atoms with E-state index in [1.807, 2.05) is 48.5 Å². The first-order chi connectivity index (χ1) is 14.7. The molecular formula is C24H24N2O4. The van der Waals surface area contributed by atoms with E-state index in [-0.39, 0.29) is 5.91 Å². The fourth-order valence-electron chi connectivity index (χ4n) is 2.80. The van der Waals surface area contributed by atoms with Gasteiger partial charge in [-0.05, 0) is 41.0 Å². The lowest BCUT2D eigenvalue weighted by Crippen LogP contribution is -2.22. The summed E-state index contributed by atoms with van der Waals surface area (Å²) in [5.74, 6) is 1.12. The summed E-state index contributed by atoms with van der Waals surface area (Å²) in [6.07, 6.45) is 1.58. The number of benzene rings is 3. The Labute approximate surface area is 176 Å². The smallest absolute Gasteiger partial charge is 0.251 e. The molecule has 0 aliphatic heterocycles. The second kappa shape index (κ2) is 10.7. The van der Waals surface area contributed by atoms with E-state index < -0.39 is 0 Å². The standard InChI is InChI=1S/C24H24N2O4/c1-28-23-14-20(10-13-22(23)30-17-19-6-4-3-5-7-19)15-25-24(27)21-11-8-18(9-12-21)16-26-29-2/h3-14,16H,15,17H2,1-2H3,(H,25,27)/b26-16+. The molecule has 0 saturated heterocycles. The van der Waals surface area contributed by atoms with Crippen LogP contribution in [0.15, 0.2) is 78.0 Å². The van der Waals surface area contributed by atoms with Gasteiger partial charge in [0.05, 0.1) is 13.3 Å². The number of amides is 1. The van der Waals surface area contributed by atoms with Crippen molar-refractivity contribution in [1.29, 1.82) is 0 Å². The van der Waals surface area contributed by atoms with E-state index >= 15 is 0 Å². The van der Waals surface area contributed by atoms with Crippen molar-refractivity contribution < 1.29 is 19.1 Å². The lowest BCUT2D eigenvalue weighted by Gasteiger charge is -2.13. The molecule has 0 unspecified atom stereocenters. The highest BCUT2D eigenvalue weighted by Gasteiger charge is 2.09. The Hall–Kier alpha value is -3.80. The maximum absolute atomic E-state index is 12.4. The van der Waals surface area contributed by atoms with Crippen molar-refractivity contribution in [2.45, 2.75) is 13.2 Å². The average Bonchev–Trinajstić information content (AvgIpc) is 2.81. The Bertz CT molecular complexity index is 986. The third kappa shape index (κ3) is 5.85. The van der Waals surface area contributed by atoms with E-state index in [4.69, 9.17) is 9.47 Å². The van der Waals surface area contributed by atoms with Crippen LogP contribution in [0.5, 0.6) is 11.5 Å². The van der Waals surface area contributed by atoms with Crippen molar-refractivity contribution in [2.75, 3.05) is 14.2 Å². The predicted octanol–water partition coefficient (Wildman–Crippen LogP) is 4.18. The molecule has 0 saturated carbocycles. The first-order valence-electron chi connectivity index (χ1n) is 9.48. The Morgan fingerprint density at radius 2 is 1.70 bits per heavy atom. The molecule has 0 fully saturated rings. The lowest BCUT2D eigenvalue weighted by atomic mass is 10.1. The molecule has 3 aromatic carbocycles. The molecule has 3 rings (SSSR count). The zero-order chi connectivity index (χ0) is 21.2. The van der Waals surface area contributed by atoms with Crippen LogP contribution >= 0.6 is 0 Å². The van der Waals surface area contributed by atoms with Gasteiger partial charge in [0.1, 0.15) is 13.7 Å². The molecule has 1 N–H and O–H groups in total. The number of methoxy groups -OCH3 is 1. The molecular weight excluding hydrogens is 380 g/mol. The van der Waals surface area contributed by atoms with Crippen molar-refractivity contribution in [1.82, 2.24) is 5.32 Å². The van der Waals surface area contributed by atoms with Crippen LogP contribution in [0.3, 0.4) is 0 Å². The quantitative estimate of drug-likeness (QED) is 0.429. The summed E-state index contributed by atoms with van der Waals surface area (Å²) in [6, 6.07) is 22.7. The number of nitrogens with zero attached hydrogens (tertiary/aromatic N) is 1. The predicted molar refractivity (Wildman–Crippen MR) is 116 cm³/mol. The highest BCUT2D eigenvalue weighted by Crippen LogP contribution is 2.28. The summed E-state index contributed by atoms with van der Waals surface area (Å²) in [4.78, 5) is 17.0. The number of oxime groups is 1. The molecule has 3 aromatic rings. The molecule has 0 aromatic heterocycles. The molecule has 154 valence electrons. The van der Waals surface area contributed by atoms with Gasteiger partial charge in [-0.1, -0.05) is 53.7 Å². The number of carbonyl (C=O) groups is 1. The third-order valence-corrected chi connectivity index (χ3v) is 4.40. The van der Waals surface area contributed by atoms with Crippen molar-refractivity contribution in [3.63, 3.8) is 0 Å². The number of carbonyl (C=O) groups excluding carboxylic acids is 1. The van der Waals surface area contributed by atoms with Crippen LogP contribution in [-0.4, -0.2) is 26.3 Å². The summed E-state index contributed by atoms with van der Waals surface area (Å²) in [5, 5.41) is 6.61. The Morgan fingerprint density at radius 1 is 0.933 bits per heavy atom. The molecule has 0 heterocycles. The summed E-state index contributed by atoms with van der Waals surface area (Å²) in [5.41, 5.74) is 3.41. The summed E-state index contributed by atoms with van der Waals surface area (Å²) in [7, 11) is 3.08. The summed E-state index contributed by atoms with van der Waals surface area (Å²) >= 11 is 0. The fourth-order valence-corrected chi connectivity index (χ4v) is 2.80. The summed E-state index contributed by atoms with van der Waals surface area (Å²) < 4.78 is 11.3. The molecule has 0 aliphatic rings. The van der Waals surface area contributed by atoms with Crippen molar-refractivity contribution in [3.8, 4) is 11.5 Å². The van der Waals surface area contributed by atoms with Crippen molar-refractivity contribution >= 4 is 12.1 Å². The van der Waals surface area contributed by atoms with Crippen LogP contribution in [-0.2, 0) is 18.0 Å². The van der Waals surface area contributed by atoms with Gasteiger partial charge in [-0.15, -0.1) is 0 Å². The first kappa shape index (κ1) is 20.9. The SMILES string of the molecule is CO/N=C/c1ccc(C(=O)NCc2ccc(OCc3ccccc3)c(OC)c2)cc1. The molecule has 6 heteroatoms. The number of rotatable bonds is 9. The van der Waals surface area contributed by atoms with Gasteiger partial charge >= 0.3 is 0 Å². The van der Waals surface area contributed by atoms with Crippen LogP contribution in [0.1, 0.15) is 27.0 Å². The first-order valence-corrected chi connectivity index (χ1v) is 9.48. The van der Waals surface area contributed by atoms with Crippen LogP contribution < -0.4 is 14.8 Å². The van der Waals surface area contributed by atoms with E-state index in [9.17, 15) is 4.79 Å². The fraction of sp³-hybridized carbons (Fsp3) is 0.167. The largest absolute Gasteiger partial charge is 0.493 e. The van der Waals surface area contributed by atoms with Crippen molar-refractivity contribution in [2.24, 2.45) is 5.16 Å². The molecule has 0 atom stereocenters. The minimum Gasteiger partial charge on any atom is -0.493 e. The van der Waals surface area contributed by atoms with Crippen molar-refractivity contribution in [3.05, 3.63) is 95.1 Å². The third-order valence-electron chi connectivity index (χ3n) is 4.40. The molecule has 0 bridgehead atoms. The zero-order valence-corrected chi connectivity index (χ0v) is 17.0. The number of hydrogen-bond acceptors (Lipinski definition) is 5. The van der Waals surface area contributed by atoms with Gasteiger partial charge in [-0.3, -0.25) is 4.79 Å². The van der Waals surface area contributed by atoms with Gasteiger partial charge in [0.25, 0.3) is 5.91 Å². The van der Waals surface area contributed by atoms with Gasteiger partial charge in [0.2, 0.25) is 0 Å². The minimum atomic E-state index is -0.159. The maximum Gasteiger partial charge on any atom is 0.251 e. The topological polar surface area (TPSA) is 69.2 Å². The molecule has 0 aliphatic carbocycles. The molecule has 1 amide bonds. The van der Waals surface area contributed by atoms with Gasteiger partial charge in [0, 0.05) is 12.1 Å². The Morgan fingerprint density at radius 3 is 2.40 bits per heavy atom. The minimum absolute atomic E-state index is 0.159. The van der Waals surface area contributed by atoms with Crippen LogP contribution in [0.25, 0.3) is 0 Å². The maximum atomic E-state index is 12.4. The van der Waals surface area contributed by atoms with Crippen LogP contribution in [0, 0.1) is 0 Å². The monoisotopic (exact) mass is 404 g/mol. The molecule has 0 spiro atoms. The number of ether oxygens (including phenoxy) is 2. The van der Waals surface area contributed by atoms with Gasteiger partial charge in [-0.2, -0.15) is 0 Å².